The highest BCUT2D eigenvalue weighted by atomic mass is 16.6. The quantitative estimate of drug-likeness (QED) is 0.455. The molecular formula is C10H12N4O3. The number of non-ortho nitro benzene ring substituents is 1. The Hall–Kier alpha value is -2.44. The molecule has 7 nitrogen and oxygen atoms in total. The van der Waals surface area contributed by atoms with E-state index in [1.54, 1.807) is 19.1 Å². The van der Waals surface area contributed by atoms with Gasteiger partial charge in [-0.15, -0.1) is 0 Å². The van der Waals surface area contributed by atoms with Gasteiger partial charge in [-0.3, -0.25) is 20.3 Å². The fourth-order valence-electron chi connectivity index (χ4n) is 1.14. The molecule has 0 aromatic heterocycles. The second-order valence-corrected chi connectivity index (χ2v) is 3.41. The van der Waals surface area contributed by atoms with Crippen molar-refractivity contribution in [2.75, 3.05) is 5.43 Å². The number of amides is 1. The Bertz CT molecular complexity index is 470. The number of carbonyl (C=O) groups is 1. The molecule has 0 saturated carbocycles. The lowest BCUT2D eigenvalue weighted by Gasteiger charge is -2.01. The molecule has 17 heavy (non-hydrogen) atoms. The third-order valence-corrected chi connectivity index (χ3v) is 1.86. The summed E-state index contributed by atoms with van der Waals surface area (Å²) < 4.78 is 0. The number of benzene rings is 1. The zero-order chi connectivity index (χ0) is 12.8. The van der Waals surface area contributed by atoms with Gasteiger partial charge in [0.25, 0.3) is 5.69 Å². The second-order valence-electron chi connectivity index (χ2n) is 3.41. The molecule has 0 bridgehead atoms. The average molecular weight is 236 g/mol. The molecule has 0 saturated heterocycles. The number of nitro benzene ring substituents is 1. The van der Waals surface area contributed by atoms with Crippen molar-refractivity contribution in [3.8, 4) is 0 Å². The van der Waals surface area contributed by atoms with Crippen LogP contribution in [0.2, 0.25) is 0 Å². The maximum absolute atomic E-state index is 10.6. The summed E-state index contributed by atoms with van der Waals surface area (Å²) in [6.45, 7) is 1.63. The Labute approximate surface area is 97.5 Å². The van der Waals surface area contributed by atoms with E-state index < -0.39 is 10.8 Å². The topological polar surface area (TPSA) is 111 Å². The van der Waals surface area contributed by atoms with Gasteiger partial charge in [0.1, 0.15) is 0 Å². The molecule has 7 heteroatoms. The van der Waals surface area contributed by atoms with E-state index in [0.717, 1.165) is 0 Å². The maximum Gasteiger partial charge on any atom is 0.271 e. The molecule has 1 aromatic rings. The van der Waals surface area contributed by atoms with Gasteiger partial charge in [-0.1, -0.05) is 6.07 Å². The van der Waals surface area contributed by atoms with Crippen molar-refractivity contribution in [2.24, 2.45) is 10.8 Å². The van der Waals surface area contributed by atoms with E-state index in [2.05, 4.69) is 10.5 Å². The summed E-state index contributed by atoms with van der Waals surface area (Å²) in [7, 11) is 0. The minimum atomic E-state index is -0.495. The Kier molecular flexibility index (Phi) is 4.15. The first-order valence-electron chi connectivity index (χ1n) is 4.81. The number of carbonyl (C=O) groups excluding carboxylic acids is 1. The van der Waals surface area contributed by atoms with E-state index in [0.29, 0.717) is 11.4 Å². The van der Waals surface area contributed by atoms with Crippen molar-refractivity contribution in [2.45, 2.75) is 13.3 Å². The van der Waals surface area contributed by atoms with E-state index in [9.17, 15) is 14.9 Å². The molecule has 0 atom stereocenters. The highest BCUT2D eigenvalue weighted by Gasteiger charge is 2.05. The molecule has 0 unspecified atom stereocenters. The molecular weight excluding hydrogens is 224 g/mol. The molecule has 0 aliphatic carbocycles. The highest BCUT2D eigenvalue weighted by Crippen LogP contribution is 2.16. The molecule has 0 heterocycles. The van der Waals surface area contributed by atoms with E-state index >= 15 is 0 Å². The van der Waals surface area contributed by atoms with Crippen molar-refractivity contribution in [1.29, 1.82) is 0 Å². The van der Waals surface area contributed by atoms with Crippen molar-refractivity contribution in [3.05, 3.63) is 34.4 Å². The van der Waals surface area contributed by atoms with E-state index in [4.69, 9.17) is 5.73 Å². The lowest BCUT2D eigenvalue weighted by molar-refractivity contribution is -0.384. The third kappa shape index (κ3) is 4.29. The van der Waals surface area contributed by atoms with Crippen molar-refractivity contribution in [3.63, 3.8) is 0 Å². The summed E-state index contributed by atoms with van der Waals surface area (Å²) in [5.41, 5.74) is 8.56. The Morgan fingerprint density at radius 2 is 2.29 bits per heavy atom. The lowest BCUT2D eigenvalue weighted by Crippen LogP contribution is -2.15. The molecule has 0 fully saturated rings. The van der Waals surface area contributed by atoms with E-state index in [1.165, 1.54) is 12.1 Å². The molecule has 0 spiro atoms. The van der Waals surface area contributed by atoms with Crippen LogP contribution in [0.25, 0.3) is 0 Å². The number of rotatable bonds is 5. The minimum Gasteiger partial charge on any atom is -0.369 e. The molecule has 3 N–H and O–H groups in total. The first kappa shape index (κ1) is 12.6. The fourth-order valence-corrected chi connectivity index (χ4v) is 1.14. The van der Waals surface area contributed by atoms with Crippen LogP contribution in [0, 0.1) is 10.1 Å². The first-order valence-corrected chi connectivity index (χ1v) is 4.81. The smallest absolute Gasteiger partial charge is 0.271 e. The van der Waals surface area contributed by atoms with Crippen LogP contribution >= 0.6 is 0 Å². The number of hydrogen-bond donors (Lipinski definition) is 2. The van der Waals surface area contributed by atoms with Gasteiger partial charge in [-0.25, -0.2) is 0 Å². The number of nitrogens with one attached hydrogen (secondary N) is 1. The van der Waals surface area contributed by atoms with Crippen LogP contribution in [-0.2, 0) is 4.79 Å². The predicted octanol–water partition coefficient (Wildman–Crippen LogP) is 1.26. The number of nitro groups is 1. The Morgan fingerprint density at radius 3 is 2.88 bits per heavy atom. The van der Waals surface area contributed by atoms with E-state index in [1.807, 2.05) is 0 Å². The van der Waals surface area contributed by atoms with Crippen LogP contribution in [0.3, 0.4) is 0 Å². The van der Waals surface area contributed by atoms with Gasteiger partial charge >= 0.3 is 0 Å². The number of hydrogen-bond acceptors (Lipinski definition) is 5. The summed E-state index contributed by atoms with van der Waals surface area (Å²) in [4.78, 5) is 20.6. The predicted molar refractivity (Wildman–Crippen MR) is 63.6 cm³/mol. The first-order chi connectivity index (χ1) is 7.99. The van der Waals surface area contributed by atoms with E-state index in [-0.39, 0.29) is 12.1 Å². The van der Waals surface area contributed by atoms with Crippen molar-refractivity contribution < 1.29 is 9.72 Å². The molecule has 0 aliphatic heterocycles. The molecule has 1 rings (SSSR count). The van der Waals surface area contributed by atoms with Crippen molar-refractivity contribution in [1.82, 2.24) is 0 Å². The Morgan fingerprint density at radius 1 is 1.59 bits per heavy atom. The van der Waals surface area contributed by atoms with Gasteiger partial charge in [0, 0.05) is 17.8 Å². The Balaban J connectivity index is 2.72. The fraction of sp³-hybridized carbons (Fsp3) is 0.200. The number of nitrogens with two attached hydrogens (primary N) is 1. The summed E-state index contributed by atoms with van der Waals surface area (Å²) in [5, 5.41) is 14.4. The average Bonchev–Trinajstić information content (AvgIpc) is 2.26. The molecule has 0 radical (unpaired) electrons. The third-order valence-electron chi connectivity index (χ3n) is 1.86. The van der Waals surface area contributed by atoms with Crippen LogP contribution in [0.15, 0.2) is 29.4 Å². The zero-order valence-electron chi connectivity index (χ0n) is 9.21. The van der Waals surface area contributed by atoms with Gasteiger partial charge in [0.05, 0.1) is 17.0 Å². The molecule has 1 aromatic carbocycles. The number of primary amides is 1. The second kappa shape index (κ2) is 5.59. The van der Waals surface area contributed by atoms with Gasteiger partial charge in [0.15, 0.2) is 0 Å². The SMILES string of the molecule is C/C(CC(N)=O)=N\Nc1cccc([N+](=O)[O-])c1. The highest BCUT2D eigenvalue weighted by molar-refractivity contribution is 5.99. The summed E-state index contributed by atoms with van der Waals surface area (Å²) in [6, 6.07) is 5.90. The summed E-state index contributed by atoms with van der Waals surface area (Å²) in [6.07, 6.45) is 0.0436. The van der Waals surface area contributed by atoms with Crippen LogP contribution in [0.5, 0.6) is 0 Å². The summed E-state index contributed by atoms with van der Waals surface area (Å²) in [5.74, 6) is -0.480. The molecule has 90 valence electrons. The minimum absolute atomic E-state index is 0.0299. The van der Waals surface area contributed by atoms with Gasteiger partial charge in [-0.05, 0) is 13.0 Å². The molecule has 1 amide bonds. The molecule has 0 aliphatic rings. The summed E-state index contributed by atoms with van der Waals surface area (Å²) >= 11 is 0. The van der Waals surface area contributed by atoms with Crippen LogP contribution < -0.4 is 11.2 Å². The largest absolute Gasteiger partial charge is 0.369 e. The normalized spacial score (nSPS) is 11.0. The van der Waals surface area contributed by atoms with Crippen LogP contribution in [0.4, 0.5) is 11.4 Å². The van der Waals surface area contributed by atoms with Gasteiger partial charge < -0.3 is 5.73 Å². The van der Waals surface area contributed by atoms with Gasteiger partial charge in [0.2, 0.25) is 5.91 Å². The maximum atomic E-state index is 10.6. The van der Waals surface area contributed by atoms with Crippen LogP contribution in [0.1, 0.15) is 13.3 Å². The van der Waals surface area contributed by atoms with Crippen LogP contribution in [-0.4, -0.2) is 16.5 Å². The van der Waals surface area contributed by atoms with Gasteiger partial charge in [-0.2, -0.15) is 5.10 Å². The monoisotopic (exact) mass is 236 g/mol. The standard InChI is InChI=1S/C10H12N4O3/c1-7(5-10(11)15)12-13-8-3-2-4-9(6-8)14(16)17/h2-4,6,13H,5H2,1H3,(H2,11,15)/b12-7+. The lowest BCUT2D eigenvalue weighted by atomic mass is 10.3. The zero-order valence-corrected chi connectivity index (χ0v) is 9.21. The van der Waals surface area contributed by atoms with Crippen molar-refractivity contribution >= 4 is 23.0 Å². The number of nitrogens with zero attached hydrogens (tertiary/aromatic N) is 2. The number of anilines is 1. The number of hydrazone groups is 1.